The van der Waals surface area contributed by atoms with Crippen LogP contribution in [0.5, 0.6) is 0 Å². The summed E-state index contributed by atoms with van der Waals surface area (Å²) < 4.78 is 0. The summed E-state index contributed by atoms with van der Waals surface area (Å²) in [6, 6.07) is 0. The Morgan fingerprint density at radius 2 is 2.10 bits per heavy atom. The van der Waals surface area contributed by atoms with Gasteiger partial charge in [0.1, 0.15) is 0 Å². The Bertz CT molecular complexity index is 112. The number of carboxylic acid groups (broad SMARTS) is 1. The fourth-order valence-electron chi connectivity index (χ4n) is 0.575. The van der Waals surface area contributed by atoms with Gasteiger partial charge in [0.05, 0.1) is 5.92 Å². The SMILES string of the molecule is CC(CCN(C)C)C(=O)O. The predicted octanol–water partition coefficient (Wildman–Crippen LogP) is 0.659. The van der Waals surface area contributed by atoms with Gasteiger partial charge < -0.3 is 10.0 Å². The highest BCUT2D eigenvalue weighted by Gasteiger charge is 2.09. The van der Waals surface area contributed by atoms with Crippen LogP contribution in [0.2, 0.25) is 0 Å². The van der Waals surface area contributed by atoms with E-state index in [4.69, 9.17) is 5.11 Å². The Labute approximate surface area is 61.6 Å². The molecule has 0 radical (unpaired) electrons. The number of hydrogen-bond acceptors (Lipinski definition) is 2. The molecule has 0 heterocycles. The van der Waals surface area contributed by atoms with Crippen molar-refractivity contribution in [3.63, 3.8) is 0 Å². The summed E-state index contributed by atoms with van der Waals surface area (Å²) in [6.45, 7) is 2.57. The highest BCUT2D eigenvalue weighted by Crippen LogP contribution is 2.01. The summed E-state index contributed by atoms with van der Waals surface area (Å²) in [5.74, 6) is -0.927. The molecule has 60 valence electrons. The molecule has 0 aromatic carbocycles. The number of hydrogen-bond donors (Lipinski definition) is 1. The average molecular weight is 145 g/mol. The monoisotopic (exact) mass is 145 g/mol. The third-order valence-electron chi connectivity index (χ3n) is 1.43. The van der Waals surface area contributed by atoms with Crippen LogP contribution in [0.3, 0.4) is 0 Å². The van der Waals surface area contributed by atoms with Gasteiger partial charge in [0.25, 0.3) is 0 Å². The second-order valence-electron chi connectivity index (χ2n) is 2.83. The number of aliphatic carboxylic acids is 1. The summed E-state index contributed by atoms with van der Waals surface area (Å²) in [7, 11) is 3.88. The lowest BCUT2D eigenvalue weighted by Gasteiger charge is -2.10. The molecule has 0 aliphatic heterocycles. The Morgan fingerprint density at radius 3 is 2.40 bits per heavy atom. The number of carbonyl (C=O) groups is 1. The molecule has 0 amide bonds. The van der Waals surface area contributed by atoms with Crippen molar-refractivity contribution in [2.24, 2.45) is 5.92 Å². The zero-order valence-electron chi connectivity index (χ0n) is 6.79. The van der Waals surface area contributed by atoms with E-state index in [1.54, 1.807) is 6.92 Å². The zero-order valence-corrected chi connectivity index (χ0v) is 6.79. The van der Waals surface area contributed by atoms with Crippen LogP contribution in [-0.4, -0.2) is 36.6 Å². The summed E-state index contributed by atoms with van der Waals surface area (Å²) >= 11 is 0. The lowest BCUT2D eigenvalue weighted by molar-refractivity contribution is -0.141. The predicted molar refractivity (Wildman–Crippen MR) is 40.0 cm³/mol. The molecule has 0 fully saturated rings. The van der Waals surface area contributed by atoms with Gasteiger partial charge in [-0.2, -0.15) is 0 Å². The molecule has 0 aliphatic carbocycles. The molecule has 1 unspecified atom stereocenters. The maximum atomic E-state index is 10.3. The van der Waals surface area contributed by atoms with E-state index in [0.29, 0.717) is 0 Å². The van der Waals surface area contributed by atoms with Crippen molar-refractivity contribution in [3.05, 3.63) is 0 Å². The number of carboxylic acids is 1. The van der Waals surface area contributed by atoms with E-state index in [1.165, 1.54) is 0 Å². The maximum absolute atomic E-state index is 10.3. The maximum Gasteiger partial charge on any atom is 0.306 e. The third kappa shape index (κ3) is 4.32. The standard InChI is InChI=1S/C7H15NO2/c1-6(7(9)10)4-5-8(2)3/h6H,4-5H2,1-3H3,(H,9,10). The lowest BCUT2D eigenvalue weighted by atomic mass is 10.1. The van der Waals surface area contributed by atoms with Gasteiger partial charge in [-0.3, -0.25) is 4.79 Å². The van der Waals surface area contributed by atoms with Crippen LogP contribution < -0.4 is 0 Å². The highest BCUT2D eigenvalue weighted by atomic mass is 16.4. The first kappa shape index (κ1) is 9.43. The Hall–Kier alpha value is -0.570. The first-order valence-corrected chi connectivity index (χ1v) is 3.41. The fraction of sp³-hybridized carbons (Fsp3) is 0.857. The molecule has 0 saturated heterocycles. The minimum Gasteiger partial charge on any atom is -0.481 e. The first-order chi connectivity index (χ1) is 4.54. The Balaban J connectivity index is 3.40. The van der Waals surface area contributed by atoms with Crippen LogP contribution in [0, 0.1) is 5.92 Å². The molecule has 0 bridgehead atoms. The molecule has 0 spiro atoms. The van der Waals surface area contributed by atoms with Crippen LogP contribution in [-0.2, 0) is 4.79 Å². The van der Waals surface area contributed by atoms with Gasteiger partial charge in [0.2, 0.25) is 0 Å². The van der Waals surface area contributed by atoms with Crippen molar-refractivity contribution in [1.82, 2.24) is 4.90 Å². The van der Waals surface area contributed by atoms with Gasteiger partial charge in [-0.25, -0.2) is 0 Å². The van der Waals surface area contributed by atoms with Crippen LogP contribution >= 0.6 is 0 Å². The largest absolute Gasteiger partial charge is 0.481 e. The van der Waals surface area contributed by atoms with E-state index < -0.39 is 5.97 Å². The molecule has 0 aliphatic rings. The molecule has 0 saturated carbocycles. The van der Waals surface area contributed by atoms with Gasteiger partial charge in [-0.05, 0) is 27.1 Å². The molecule has 0 aromatic rings. The van der Waals surface area contributed by atoms with Gasteiger partial charge in [-0.15, -0.1) is 0 Å². The van der Waals surface area contributed by atoms with Gasteiger partial charge in [-0.1, -0.05) is 6.92 Å². The van der Waals surface area contributed by atoms with Crippen molar-refractivity contribution in [2.45, 2.75) is 13.3 Å². The highest BCUT2D eigenvalue weighted by molar-refractivity contribution is 5.69. The molecule has 3 heteroatoms. The third-order valence-corrected chi connectivity index (χ3v) is 1.43. The average Bonchev–Trinajstić information content (AvgIpc) is 1.82. The van der Waals surface area contributed by atoms with E-state index in [9.17, 15) is 4.79 Å². The van der Waals surface area contributed by atoms with Crippen LogP contribution in [0.1, 0.15) is 13.3 Å². The fourth-order valence-corrected chi connectivity index (χ4v) is 0.575. The molecular formula is C7H15NO2. The smallest absolute Gasteiger partial charge is 0.306 e. The van der Waals surface area contributed by atoms with Gasteiger partial charge >= 0.3 is 5.97 Å². The van der Waals surface area contributed by atoms with E-state index in [-0.39, 0.29) is 5.92 Å². The molecule has 1 atom stereocenters. The van der Waals surface area contributed by atoms with Crippen LogP contribution in [0.25, 0.3) is 0 Å². The van der Waals surface area contributed by atoms with Crippen LogP contribution in [0.4, 0.5) is 0 Å². The summed E-state index contributed by atoms with van der Waals surface area (Å²) in [6.07, 6.45) is 0.725. The molecule has 0 aromatic heterocycles. The first-order valence-electron chi connectivity index (χ1n) is 3.41. The molecule has 10 heavy (non-hydrogen) atoms. The molecule has 3 nitrogen and oxygen atoms in total. The zero-order chi connectivity index (χ0) is 8.15. The van der Waals surface area contributed by atoms with Gasteiger partial charge in [0, 0.05) is 0 Å². The van der Waals surface area contributed by atoms with E-state index >= 15 is 0 Å². The lowest BCUT2D eigenvalue weighted by Crippen LogP contribution is -2.19. The second-order valence-corrected chi connectivity index (χ2v) is 2.83. The van der Waals surface area contributed by atoms with Crippen molar-refractivity contribution < 1.29 is 9.90 Å². The molecular weight excluding hydrogens is 130 g/mol. The quantitative estimate of drug-likeness (QED) is 0.631. The van der Waals surface area contributed by atoms with Crippen molar-refractivity contribution in [1.29, 1.82) is 0 Å². The second kappa shape index (κ2) is 4.28. The Morgan fingerprint density at radius 1 is 1.60 bits per heavy atom. The molecule has 0 rings (SSSR count). The molecule has 1 N–H and O–H groups in total. The van der Waals surface area contributed by atoms with E-state index in [0.717, 1.165) is 13.0 Å². The number of nitrogens with zero attached hydrogens (tertiary/aromatic N) is 1. The minimum absolute atomic E-state index is 0.220. The van der Waals surface area contributed by atoms with Crippen molar-refractivity contribution >= 4 is 5.97 Å². The minimum atomic E-state index is -0.707. The summed E-state index contributed by atoms with van der Waals surface area (Å²) in [5.41, 5.74) is 0. The van der Waals surface area contributed by atoms with Crippen LogP contribution in [0.15, 0.2) is 0 Å². The topological polar surface area (TPSA) is 40.5 Å². The number of rotatable bonds is 4. The normalized spacial score (nSPS) is 13.6. The Kier molecular flexibility index (Phi) is 4.03. The summed E-state index contributed by atoms with van der Waals surface area (Å²) in [4.78, 5) is 12.3. The summed E-state index contributed by atoms with van der Waals surface area (Å²) in [5, 5.41) is 8.48. The van der Waals surface area contributed by atoms with Crippen molar-refractivity contribution in [3.8, 4) is 0 Å². The van der Waals surface area contributed by atoms with Gasteiger partial charge in [0.15, 0.2) is 0 Å². The van der Waals surface area contributed by atoms with E-state index in [1.807, 2.05) is 19.0 Å². The van der Waals surface area contributed by atoms with Crippen molar-refractivity contribution in [2.75, 3.05) is 20.6 Å². The van der Waals surface area contributed by atoms with E-state index in [2.05, 4.69) is 0 Å².